The van der Waals surface area contributed by atoms with Crippen LogP contribution in [0.15, 0.2) is 24.3 Å². The maximum absolute atomic E-state index is 8.72. The van der Waals surface area contributed by atoms with Crippen LogP contribution in [0.2, 0.25) is 0 Å². The van der Waals surface area contributed by atoms with Gasteiger partial charge in [0.25, 0.3) is 0 Å². The zero-order chi connectivity index (χ0) is 9.10. The second-order valence-electron chi connectivity index (χ2n) is 3.57. The van der Waals surface area contributed by atoms with Crippen LogP contribution in [0.1, 0.15) is 18.4 Å². The summed E-state index contributed by atoms with van der Waals surface area (Å²) in [6.45, 7) is 0.300. The van der Waals surface area contributed by atoms with E-state index in [1.807, 2.05) is 0 Å². The lowest BCUT2D eigenvalue weighted by molar-refractivity contribution is 0.281. The monoisotopic (exact) mass is 177 g/mol. The highest BCUT2D eigenvalue weighted by Gasteiger charge is 2.18. The summed E-state index contributed by atoms with van der Waals surface area (Å²) in [7, 11) is 0. The molecule has 1 atom stereocenters. The third-order valence-electron chi connectivity index (χ3n) is 2.55. The third kappa shape index (κ3) is 1.83. The Bertz CT molecular complexity index is 260. The highest BCUT2D eigenvalue weighted by Crippen LogP contribution is 2.26. The largest absolute Gasteiger partial charge is 0.396 e. The van der Waals surface area contributed by atoms with E-state index >= 15 is 0 Å². The molecule has 1 aromatic carbocycles. The number of rotatable bonds is 3. The van der Waals surface area contributed by atoms with E-state index in [2.05, 4.69) is 29.6 Å². The first-order valence-electron chi connectivity index (χ1n) is 4.85. The van der Waals surface area contributed by atoms with Crippen molar-refractivity contribution in [2.45, 2.75) is 25.3 Å². The van der Waals surface area contributed by atoms with Crippen molar-refractivity contribution >= 4 is 5.69 Å². The average Bonchev–Trinajstić information content (AvgIpc) is 2.57. The summed E-state index contributed by atoms with van der Waals surface area (Å²) in [5, 5.41) is 12.2. The van der Waals surface area contributed by atoms with Gasteiger partial charge in [0.05, 0.1) is 0 Å². The number of nitrogens with one attached hydrogen (secondary N) is 1. The van der Waals surface area contributed by atoms with Crippen LogP contribution in [0.4, 0.5) is 5.69 Å². The molecule has 1 aromatic rings. The Hall–Kier alpha value is -1.02. The highest BCUT2D eigenvalue weighted by atomic mass is 16.2. The van der Waals surface area contributed by atoms with Gasteiger partial charge in [0.2, 0.25) is 0 Å². The molecule has 0 bridgehead atoms. The number of aliphatic hydroxyl groups is 1. The van der Waals surface area contributed by atoms with Crippen molar-refractivity contribution in [3.8, 4) is 0 Å². The molecule has 0 saturated carbocycles. The van der Waals surface area contributed by atoms with Gasteiger partial charge in [0, 0.05) is 18.3 Å². The van der Waals surface area contributed by atoms with Gasteiger partial charge in [-0.25, -0.2) is 0 Å². The Morgan fingerprint density at radius 3 is 3.00 bits per heavy atom. The van der Waals surface area contributed by atoms with Crippen molar-refractivity contribution in [3.05, 3.63) is 29.8 Å². The number of hydrogen-bond acceptors (Lipinski definition) is 2. The molecule has 0 amide bonds. The Morgan fingerprint density at radius 2 is 2.23 bits per heavy atom. The molecule has 2 nitrogen and oxygen atoms in total. The number of aliphatic hydroxyl groups excluding tert-OH is 1. The normalized spacial score (nSPS) is 19.6. The van der Waals surface area contributed by atoms with Gasteiger partial charge in [-0.3, -0.25) is 0 Å². The molecule has 2 heteroatoms. The first-order valence-corrected chi connectivity index (χ1v) is 4.85. The van der Waals surface area contributed by atoms with Crippen LogP contribution in [-0.2, 0) is 6.42 Å². The quantitative estimate of drug-likeness (QED) is 0.737. The molecule has 70 valence electrons. The second-order valence-corrected chi connectivity index (χ2v) is 3.57. The summed E-state index contributed by atoms with van der Waals surface area (Å²) >= 11 is 0. The van der Waals surface area contributed by atoms with E-state index in [9.17, 15) is 0 Å². The van der Waals surface area contributed by atoms with Crippen molar-refractivity contribution in [2.24, 2.45) is 0 Å². The number of para-hydroxylation sites is 1. The van der Waals surface area contributed by atoms with Gasteiger partial charge in [-0.05, 0) is 30.9 Å². The molecule has 1 aliphatic rings. The van der Waals surface area contributed by atoms with Crippen molar-refractivity contribution < 1.29 is 5.11 Å². The van der Waals surface area contributed by atoms with Gasteiger partial charge >= 0.3 is 0 Å². The number of hydrogen-bond donors (Lipinski definition) is 2. The van der Waals surface area contributed by atoms with Crippen LogP contribution >= 0.6 is 0 Å². The molecular formula is C11H15NO. The first kappa shape index (κ1) is 8.57. The van der Waals surface area contributed by atoms with E-state index in [1.165, 1.54) is 11.3 Å². The van der Waals surface area contributed by atoms with E-state index in [0.29, 0.717) is 12.6 Å². The van der Waals surface area contributed by atoms with Gasteiger partial charge in [0.15, 0.2) is 0 Å². The lowest BCUT2D eigenvalue weighted by Crippen LogP contribution is -2.15. The van der Waals surface area contributed by atoms with E-state index in [4.69, 9.17) is 5.11 Å². The van der Waals surface area contributed by atoms with Crippen LogP contribution in [0.5, 0.6) is 0 Å². The second kappa shape index (κ2) is 3.79. The predicted octanol–water partition coefficient (Wildman–Crippen LogP) is 1.80. The average molecular weight is 177 g/mol. The van der Waals surface area contributed by atoms with Crippen LogP contribution in [-0.4, -0.2) is 17.8 Å². The highest BCUT2D eigenvalue weighted by molar-refractivity contribution is 5.56. The van der Waals surface area contributed by atoms with E-state index < -0.39 is 0 Å². The molecule has 2 rings (SSSR count). The first-order chi connectivity index (χ1) is 6.40. The minimum Gasteiger partial charge on any atom is -0.396 e. The zero-order valence-electron chi connectivity index (χ0n) is 7.66. The molecule has 0 aliphatic carbocycles. The van der Waals surface area contributed by atoms with Crippen molar-refractivity contribution in [1.82, 2.24) is 0 Å². The Morgan fingerprint density at radius 1 is 1.38 bits per heavy atom. The molecule has 0 aromatic heterocycles. The fraction of sp³-hybridized carbons (Fsp3) is 0.455. The van der Waals surface area contributed by atoms with Crippen molar-refractivity contribution in [1.29, 1.82) is 0 Å². The Kier molecular flexibility index (Phi) is 2.50. The maximum atomic E-state index is 8.72. The summed E-state index contributed by atoms with van der Waals surface area (Å²) in [4.78, 5) is 0. The molecule has 1 aliphatic heterocycles. The van der Waals surface area contributed by atoms with E-state index in [0.717, 1.165) is 19.3 Å². The van der Waals surface area contributed by atoms with Crippen molar-refractivity contribution in [2.75, 3.05) is 11.9 Å². The smallest absolute Gasteiger partial charge is 0.0431 e. The summed E-state index contributed by atoms with van der Waals surface area (Å²) in [5.41, 5.74) is 2.68. The van der Waals surface area contributed by atoms with Crippen LogP contribution in [0, 0.1) is 0 Å². The number of fused-ring (bicyclic) bond motifs is 1. The fourth-order valence-corrected chi connectivity index (χ4v) is 1.89. The molecule has 0 radical (unpaired) electrons. The Balaban J connectivity index is 1.97. The predicted molar refractivity (Wildman–Crippen MR) is 53.9 cm³/mol. The molecule has 0 spiro atoms. The lowest BCUT2D eigenvalue weighted by atomic mass is 10.1. The Labute approximate surface area is 78.6 Å². The van der Waals surface area contributed by atoms with E-state index in [1.54, 1.807) is 0 Å². The molecule has 1 unspecified atom stereocenters. The van der Waals surface area contributed by atoms with Gasteiger partial charge in [-0.15, -0.1) is 0 Å². The SMILES string of the molecule is OCCCC1Cc2ccccc2N1. The van der Waals surface area contributed by atoms with Gasteiger partial charge < -0.3 is 10.4 Å². The van der Waals surface area contributed by atoms with Crippen LogP contribution in [0.25, 0.3) is 0 Å². The molecule has 2 N–H and O–H groups in total. The number of benzene rings is 1. The molecule has 0 saturated heterocycles. The summed E-state index contributed by atoms with van der Waals surface area (Å²) < 4.78 is 0. The molecule has 0 fully saturated rings. The van der Waals surface area contributed by atoms with Gasteiger partial charge in [-0.2, -0.15) is 0 Å². The fourth-order valence-electron chi connectivity index (χ4n) is 1.89. The third-order valence-corrected chi connectivity index (χ3v) is 2.55. The minimum absolute atomic E-state index is 0.300. The minimum atomic E-state index is 0.300. The van der Waals surface area contributed by atoms with Crippen molar-refractivity contribution in [3.63, 3.8) is 0 Å². The maximum Gasteiger partial charge on any atom is 0.0431 e. The molecule has 1 heterocycles. The lowest BCUT2D eigenvalue weighted by Gasteiger charge is -2.09. The number of anilines is 1. The topological polar surface area (TPSA) is 32.3 Å². The molecule has 13 heavy (non-hydrogen) atoms. The molecular weight excluding hydrogens is 162 g/mol. The zero-order valence-corrected chi connectivity index (χ0v) is 7.66. The summed E-state index contributed by atoms with van der Waals surface area (Å²) in [6, 6.07) is 8.95. The van der Waals surface area contributed by atoms with E-state index in [-0.39, 0.29) is 0 Å². The summed E-state index contributed by atoms with van der Waals surface area (Å²) in [5.74, 6) is 0. The standard InChI is InChI=1S/C11H15NO/c13-7-3-5-10-8-9-4-1-2-6-11(9)12-10/h1-2,4,6,10,12-13H,3,5,7-8H2. The van der Waals surface area contributed by atoms with Gasteiger partial charge in [0.1, 0.15) is 0 Å². The van der Waals surface area contributed by atoms with Crippen LogP contribution < -0.4 is 5.32 Å². The van der Waals surface area contributed by atoms with Crippen LogP contribution in [0.3, 0.4) is 0 Å². The summed E-state index contributed by atoms with van der Waals surface area (Å²) in [6.07, 6.45) is 3.06. The van der Waals surface area contributed by atoms with Gasteiger partial charge in [-0.1, -0.05) is 18.2 Å².